The van der Waals surface area contributed by atoms with E-state index < -0.39 is 0 Å². The fraction of sp³-hybridized carbons (Fsp3) is 0.250. The molecular weight excluding hydrogens is 444 g/mol. The standard InChI is InChI=1S/C12H11Br3N2S/c1-6-12(18-5-16-6)7(2)17-11-9(14)3-8(13)4-10(11)15/h3-5,7,17H,1-2H3. The quantitative estimate of drug-likeness (QED) is 0.623. The van der Waals surface area contributed by atoms with E-state index in [1.54, 1.807) is 11.3 Å². The number of nitrogens with zero attached hydrogens (tertiary/aromatic N) is 1. The molecule has 0 spiro atoms. The predicted octanol–water partition coefficient (Wildman–Crippen LogP) is 5.91. The molecule has 0 saturated heterocycles. The molecule has 0 amide bonds. The first kappa shape index (κ1) is 14.5. The highest BCUT2D eigenvalue weighted by molar-refractivity contribution is 9.11. The van der Waals surface area contributed by atoms with Crippen molar-refractivity contribution in [3.63, 3.8) is 0 Å². The van der Waals surface area contributed by atoms with Gasteiger partial charge >= 0.3 is 0 Å². The molecule has 2 nitrogen and oxygen atoms in total. The Kier molecular flexibility index (Phi) is 4.86. The van der Waals surface area contributed by atoms with E-state index in [1.807, 2.05) is 24.6 Å². The van der Waals surface area contributed by atoms with Gasteiger partial charge in [-0.05, 0) is 57.8 Å². The summed E-state index contributed by atoms with van der Waals surface area (Å²) in [4.78, 5) is 5.55. The molecule has 1 atom stereocenters. The summed E-state index contributed by atoms with van der Waals surface area (Å²) < 4.78 is 3.09. The van der Waals surface area contributed by atoms with Crippen molar-refractivity contribution < 1.29 is 0 Å². The minimum absolute atomic E-state index is 0.228. The number of aromatic nitrogens is 1. The van der Waals surface area contributed by atoms with Crippen molar-refractivity contribution in [2.24, 2.45) is 0 Å². The van der Waals surface area contributed by atoms with Crippen LogP contribution in [0.5, 0.6) is 0 Å². The maximum absolute atomic E-state index is 4.29. The van der Waals surface area contributed by atoms with Crippen molar-refractivity contribution in [1.29, 1.82) is 0 Å². The fourth-order valence-electron chi connectivity index (χ4n) is 1.69. The molecule has 2 rings (SSSR count). The summed E-state index contributed by atoms with van der Waals surface area (Å²) in [5.41, 5.74) is 4.02. The van der Waals surface area contributed by atoms with Crippen molar-refractivity contribution in [2.45, 2.75) is 19.9 Å². The van der Waals surface area contributed by atoms with E-state index in [0.29, 0.717) is 0 Å². The van der Waals surface area contributed by atoms with Gasteiger partial charge in [0.15, 0.2) is 0 Å². The Labute approximate surface area is 136 Å². The molecule has 6 heteroatoms. The van der Waals surface area contributed by atoms with Gasteiger partial charge in [-0.25, -0.2) is 4.98 Å². The molecule has 2 aromatic rings. The van der Waals surface area contributed by atoms with Gasteiger partial charge in [0.2, 0.25) is 0 Å². The van der Waals surface area contributed by atoms with Gasteiger partial charge < -0.3 is 5.32 Å². The number of anilines is 1. The first-order chi connectivity index (χ1) is 8.49. The lowest BCUT2D eigenvalue weighted by atomic mass is 10.2. The lowest BCUT2D eigenvalue weighted by Gasteiger charge is -2.17. The van der Waals surface area contributed by atoms with Crippen LogP contribution in [0.1, 0.15) is 23.5 Å². The number of hydrogen-bond donors (Lipinski definition) is 1. The van der Waals surface area contributed by atoms with Crippen molar-refractivity contribution >= 4 is 64.8 Å². The average Bonchev–Trinajstić information content (AvgIpc) is 2.69. The molecule has 1 heterocycles. The molecule has 18 heavy (non-hydrogen) atoms. The van der Waals surface area contributed by atoms with Gasteiger partial charge in [0.25, 0.3) is 0 Å². The summed E-state index contributed by atoms with van der Waals surface area (Å²) in [5.74, 6) is 0. The largest absolute Gasteiger partial charge is 0.376 e. The van der Waals surface area contributed by atoms with Crippen LogP contribution in [0.2, 0.25) is 0 Å². The highest BCUT2D eigenvalue weighted by Gasteiger charge is 2.14. The molecule has 0 saturated carbocycles. The van der Waals surface area contributed by atoms with E-state index in [0.717, 1.165) is 24.8 Å². The number of aryl methyl sites for hydroxylation is 1. The maximum atomic E-state index is 4.29. The third-order valence-corrected chi connectivity index (χ3v) is 5.37. The van der Waals surface area contributed by atoms with Gasteiger partial charge in [-0.3, -0.25) is 0 Å². The zero-order chi connectivity index (χ0) is 13.3. The number of rotatable bonds is 3. The van der Waals surface area contributed by atoms with Gasteiger partial charge in [0, 0.05) is 18.3 Å². The first-order valence-electron chi connectivity index (χ1n) is 5.30. The van der Waals surface area contributed by atoms with Crippen LogP contribution in [0.25, 0.3) is 0 Å². The van der Waals surface area contributed by atoms with Gasteiger partial charge in [-0.15, -0.1) is 11.3 Å². The Balaban J connectivity index is 2.27. The number of benzene rings is 1. The predicted molar refractivity (Wildman–Crippen MR) is 88.4 cm³/mol. The second kappa shape index (κ2) is 6.03. The van der Waals surface area contributed by atoms with Crippen LogP contribution < -0.4 is 5.32 Å². The van der Waals surface area contributed by atoms with Crippen molar-refractivity contribution in [2.75, 3.05) is 5.32 Å². The molecule has 96 valence electrons. The zero-order valence-electron chi connectivity index (χ0n) is 9.80. The summed E-state index contributed by atoms with van der Waals surface area (Å²) in [6.45, 7) is 4.18. The van der Waals surface area contributed by atoms with Gasteiger partial charge in [0.1, 0.15) is 0 Å². The summed E-state index contributed by atoms with van der Waals surface area (Å²) in [5, 5.41) is 3.50. The number of hydrogen-bond acceptors (Lipinski definition) is 3. The third-order valence-electron chi connectivity index (χ3n) is 2.54. The minimum Gasteiger partial charge on any atom is -0.376 e. The summed E-state index contributed by atoms with van der Waals surface area (Å²) >= 11 is 12.3. The first-order valence-corrected chi connectivity index (χ1v) is 8.56. The second-order valence-corrected chi connectivity index (χ2v) is 7.42. The molecule has 1 aromatic carbocycles. The van der Waals surface area contributed by atoms with Crippen molar-refractivity contribution in [1.82, 2.24) is 4.98 Å². The van der Waals surface area contributed by atoms with Crippen LogP contribution in [0, 0.1) is 6.92 Å². The normalized spacial score (nSPS) is 12.5. The van der Waals surface area contributed by atoms with E-state index in [-0.39, 0.29) is 6.04 Å². The Hall–Kier alpha value is 0.0900. The maximum Gasteiger partial charge on any atom is 0.0798 e. The summed E-state index contributed by atoms with van der Waals surface area (Å²) in [6, 6.07) is 4.28. The molecule has 0 radical (unpaired) electrons. The highest BCUT2D eigenvalue weighted by atomic mass is 79.9. The van der Waals surface area contributed by atoms with Gasteiger partial charge in [0.05, 0.1) is 22.9 Å². The molecule has 1 N–H and O–H groups in total. The van der Waals surface area contributed by atoms with Crippen LogP contribution in [-0.2, 0) is 0 Å². The summed E-state index contributed by atoms with van der Waals surface area (Å²) in [6.07, 6.45) is 0. The molecule has 1 aromatic heterocycles. The van der Waals surface area contributed by atoms with E-state index in [9.17, 15) is 0 Å². The Morgan fingerprint density at radius 2 is 1.83 bits per heavy atom. The van der Waals surface area contributed by atoms with Crippen molar-refractivity contribution in [3.8, 4) is 0 Å². The van der Waals surface area contributed by atoms with Crippen molar-refractivity contribution in [3.05, 3.63) is 41.6 Å². The van der Waals surface area contributed by atoms with E-state index >= 15 is 0 Å². The molecule has 0 aliphatic heterocycles. The smallest absolute Gasteiger partial charge is 0.0798 e. The molecule has 0 fully saturated rings. The fourth-order valence-corrected chi connectivity index (χ4v) is 4.99. The number of nitrogens with one attached hydrogen (secondary N) is 1. The SMILES string of the molecule is Cc1ncsc1C(C)Nc1c(Br)cc(Br)cc1Br. The lowest BCUT2D eigenvalue weighted by molar-refractivity contribution is 0.888. The van der Waals surface area contributed by atoms with Crippen LogP contribution in [-0.4, -0.2) is 4.98 Å². The minimum atomic E-state index is 0.228. The summed E-state index contributed by atoms with van der Waals surface area (Å²) in [7, 11) is 0. The van der Waals surface area contributed by atoms with Gasteiger partial charge in [-0.1, -0.05) is 15.9 Å². The van der Waals surface area contributed by atoms with E-state index in [2.05, 4.69) is 65.0 Å². The van der Waals surface area contributed by atoms with Crippen LogP contribution >= 0.6 is 59.1 Å². The molecule has 1 unspecified atom stereocenters. The molecular formula is C12H11Br3N2S. The molecule has 0 bridgehead atoms. The Morgan fingerprint density at radius 1 is 1.22 bits per heavy atom. The average molecular weight is 455 g/mol. The lowest BCUT2D eigenvalue weighted by Crippen LogP contribution is -2.07. The van der Waals surface area contributed by atoms with E-state index in [4.69, 9.17) is 0 Å². The monoisotopic (exact) mass is 452 g/mol. The number of halogens is 3. The van der Waals surface area contributed by atoms with Crippen LogP contribution in [0.15, 0.2) is 31.1 Å². The van der Waals surface area contributed by atoms with Crippen LogP contribution in [0.4, 0.5) is 5.69 Å². The molecule has 0 aliphatic rings. The Morgan fingerprint density at radius 3 is 2.33 bits per heavy atom. The highest BCUT2D eigenvalue weighted by Crippen LogP contribution is 2.37. The zero-order valence-corrected chi connectivity index (χ0v) is 15.4. The van der Waals surface area contributed by atoms with Crippen LogP contribution in [0.3, 0.4) is 0 Å². The van der Waals surface area contributed by atoms with Gasteiger partial charge in [-0.2, -0.15) is 0 Å². The second-order valence-electron chi connectivity index (χ2n) is 3.91. The topological polar surface area (TPSA) is 24.9 Å². The number of thiazole rings is 1. The molecule has 0 aliphatic carbocycles. The third kappa shape index (κ3) is 3.15. The Bertz CT molecular complexity index is 545. The van der Waals surface area contributed by atoms with E-state index in [1.165, 1.54) is 4.88 Å².